The van der Waals surface area contributed by atoms with Crippen molar-refractivity contribution in [2.24, 2.45) is 0 Å². The van der Waals surface area contributed by atoms with Crippen LogP contribution in [0.5, 0.6) is 0 Å². The Balaban J connectivity index is 1.88. The van der Waals surface area contributed by atoms with E-state index in [9.17, 15) is 9.59 Å². The molecule has 0 N–H and O–H groups in total. The summed E-state index contributed by atoms with van der Waals surface area (Å²) in [5, 5.41) is 4.64. The number of rotatable bonds is 3. The summed E-state index contributed by atoms with van der Waals surface area (Å²) >= 11 is 6.17. The molecule has 0 aromatic carbocycles. The third-order valence-electron chi connectivity index (χ3n) is 3.80. The number of anilines is 1. The number of nitrogens with zero attached hydrogens (tertiary/aromatic N) is 5. The average molecular weight is 322 g/mol. The Morgan fingerprint density at radius 2 is 2.23 bits per heavy atom. The summed E-state index contributed by atoms with van der Waals surface area (Å²) in [6.07, 6.45) is 2.30. The molecular weight excluding hydrogens is 306 g/mol. The van der Waals surface area contributed by atoms with Crippen molar-refractivity contribution in [3.05, 3.63) is 39.3 Å². The van der Waals surface area contributed by atoms with E-state index < -0.39 is 0 Å². The second-order valence-electron chi connectivity index (χ2n) is 5.12. The maximum Gasteiger partial charge on any atom is 0.346 e. The fourth-order valence-corrected chi connectivity index (χ4v) is 3.01. The predicted molar refractivity (Wildman–Crippen MR) is 82.2 cm³/mol. The Labute approximate surface area is 132 Å². The number of aromatic nitrogens is 4. The van der Waals surface area contributed by atoms with E-state index in [1.54, 1.807) is 24.1 Å². The van der Waals surface area contributed by atoms with Crippen molar-refractivity contribution in [2.75, 3.05) is 11.4 Å². The zero-order valence-corrected chi connectivity index (χ0v) is 13.2. The second kappa shape index (κ2) is 5.57. The molecule has 0 unspecified atom stereocenters. The Hall–Kier alpha value is -2.15. The Morgan fingerprint density at radius 1 is 1.45 bits per heavy atom. The standard InChI is InChI=1S/C14H16ClN5O2/c1-3-18-9(2)17-20(14(18)22)8-12(21)19-7-5-11-13(19)10(15)4-6-16-11/h4,6H,3,5,7-8H2,1-2H3. The van der Waals surface area contributed by atoms with Crippen LogP contribution >= 0.6 is 11.6 Å². The minimum atomic E-state index is -0.273. The van der Waals surface area contributed by atoms with Crippen LogP contribution in [0.4, 0.5) is 5.69 Å². The molecule has 0 saturated carbocycles. The summed E-state index contributed by atoms with van der Waals surface area (Å²) in [6, 6.07) is 1.66. The molecule has 2 aromatic heterocycles. The summed E-state index contributed by atoms with van der Waals surface area (Å²) in [6.45, 7) is 4.56. The van der Waals surface area contributed by atoms with E-state index in [2.05, 4.69) is 10.1 Å². The highest BCUT2D eigenvalue weighted by Crippen LogP contribution is 2.33. The maximum atomic E-state index is 12.5. The SMILES string of the molecule is CCn1c(C)nn(CC(=O)N2CCc3nccc(Cl)c32)c1=O. The number of halogens is 1. The predicted octanol–water partition coefficient (Wildman–Crippen LogP) is 1.01. The molecule has 1 amide bonds. The number of carbonyl (C=O) groups excluding carboxylic acids is 1. The van der Waals surface area contributed by atoms with E-state index in [0.717, 1.165) is 5.69 Å². The molecule has 2 aromatic rings. The van der Waals surface area contributed by atoms with Gasteiger partial charge >= 0.3 is 5.69 Å². The van der Waals surface area contributed by atoms with Gasteiger partial charge in [0.1, 0.15) is 12.4 Å². The number of pyridine rings is 1. The molecule has 0 bridgehead atoms. The highest BCUT2D eigenvalue weighted by atomic mass is 35.5. The zero-order valence-electron chi connectivity index (χ0n) is 12.4. The second-order valence-corrected chi connectivity index (χ2v) is 5.52. The van der Waals surface area contributed by atoms with Gasteiger partial charge in [-0.25, -0.2) is 9.48 Å². The van der Waals surface area contributed by atoms with Crippen LogP contribution in [0.3, 0.4) is 0 Å². The molecule has 0 aliphatic carbocycles. The van der Waals surface area contributed by atoms with Crippen LogP contribution in [-0.2, 0) is 24.3 Å². The maximum absolute atomic E-state index is 12.5. The molecule has 3 rings (SSSR count). The molecule has 0 atom stereocenters. The van der Waals surface area contributed by atoms with E-state index >= 15 is 0 Å². The van der Waals surface area contributed by atoms with Gasteiger partial charge in [-0.15, -0.1) is 0 Å². The molecule has 0 radical (unpaired) electrons. The Morgan fingerprint density at radius 3 is 2.91 bits per heavy atom. The van der Waals surface area contributed by atoms with Gasteiger partial charge in [-0.3, -0.25) is 14.3 Å². The number of hydrogen-bond donors (Lipinski definition) is 0. The quantitative estimate of drug-likeness (QED) is 0.845. The van der Waals surface area contributed by atoms with Gasteiger partial charge in [0.05, 0.1) is 16.4 Å². The van der Waals surface area contributed by atoms with Crippen LogP contribution in [-0.4, -0.2) is 31.8 Å². The summed E-state index contributed by atoms with van der Waals surface area (Å²) in [4.78, 5) is 30.5. The summed E-state index contributed by atoms with van der Waals surface area (Å²) in [5.74, 6) is 0.387. The smallest absolute Gasteiger partial charge is 0.307 e. The lowest BCUT2D eigenvalue weighted by Crippen LogP contribution is -2.36. The molecule has 22 heavy (non-hydrogen) atoms. The molecule has 1 aliphatic heterocycles. The minimum Gasteiger partial charge on any atom is -0.307 e. The first-order chi connectivity index (χ1) is 10.5. The number of aryl methyl sites for hydroxylation is 1. The topological polar surface area (TPSA) is 73.0 Å². The normalized spacial score (nSPS) is 13.5. The number of carbonyl (C=O) groups is 1. The van der Waals surface area contributed by atoms with Crippen molar-refractivity contribution in [1.29, 1.82) is 0 Å². The van der Waals surface area contributed by atoms with Gasteiger partial charge in [0, 0.05) is 25.7 Å². The van der Waals surface area contributed by atoms with Crippen LogP contribution in [0, 0.1) is 6.92 Å². The number of fused-ring (bicyclic) bond motifs is 1. The molecule has 116 valence electrons. The molecule has 0 spiro atoms. The van der Waals surface area contributed by atoms with Gasteiger partial charge < -0.3 is 4.90 Å². The number of hydrogen-bond acceptors (Lipinski definition) is 4. The first-order valence-electron chi connectivity index (χ1n) is 7.11. The molecule has 1 aliphatic rings. The van der Waals surface area contributed by atoms with Crippen LogP contribution in [0.15, 0.2) is 17.1 Å². The van der Waals surface area contributed by atoms with Crippen LogP contribution < -0.4 is 10.6 Å². The third kappa shape index (κ3) is 2.31. The van der Waals surface area contributed by atoms with Crippen molar-refractivity contribution >= 4 is 23.2 Å². The van der Waals surface area contributed by atoms with Crippen molar-refractivity contribution < 1.29 is 4.79 Å². The lowest BCUT2D eigenvalue weighted by Gasteiger charge is -2.17. The van der Waals surface area contributed by atoms with Crippen molar-refractivity contribution in [1.82, 2.24) is 19.3 Å². The lowest BCUT2D eigenvalue weighted by atomic mass is 10.3. The zero-order chi connectivity index (χ0) is 15.9. The molecule has 7 nitrogen and oxygen atoms in total. The summed E-state index contributed by atoms with van der Waals surface area (Å²) in [7, 11) is 0. The van der Waals surface area contributed by atoms with Gasteiger partial charge in [0.15, 0.2) is 0 Å². The fourth-order valence-electron chi connectivity index (χ4n) is 2.75. The molecular formula is C14H16ClN5O2. The minimum absolute atomic E-state index is 0.0999. The molecule has 8 heteroatoms. The van der Waals surface area contributed by atoms with Gasteiger partial charge in [-0.05, 0) is 19.9 Å². The van der Waals surface area contributed by atoms with Crippen LogP contribution in [0.25, 0.3) is 0 Å². The van der Waals surface area contributed by atoms with E-state index in [-0.39, 0.29) is 18.1 Å². The van der Waals surface area contributed by atoms with Crippen molar-refractivity contribution in [2.45, 2.75) is 33.4 Å². The monoisotopic (exact) mass is 321 g/mol. The summed E-state index contributed by atoms with van der Waals surface area (Å²) in [5.41, 5.74) is 1.18. The lowest BCUT2D eigenvalue weighted by molar-refractivity contribution is -0.119. The largest absolute Gasteiger partial charge is 0.346 e. The summed E-state index contributed by atoms with van der Waals surface area (Å²) < 4.78 is 2.73. The van der Waals surface area contributed by atoms with Gasteiger partial charge in [0.25, 0.3) is 0 Å². The molecule has 0 saturated heterocycles. The third-order valence-corrected chi connectivity index (χ3v) is 4.11. The van der Waals surface area contributed by atoms with Crippen LogP contribution in [0.1, 0.15) is 18.4 Å². The van der Waals surface area contributed by atoms with E-state index in [4.69, 9.17) is 11.6 Å². The highest BCUT2D eigenvalue weighted by Gasteiger charge is 2.28. The molecule has 0 fully saturated rings. The van der Waals surface area contributed by atoms with E-state index in [1.165, 1.54) is 9.25 Å². The number of amides is 1. The Bertz CT molecular complexity index is 795. The first-order valence-corrected chi connectivity index (χ1v) is 7.48. The highest BCUT2D eigenvalue weighted by molar-refractivity contribution is 6.34. The van der Waals surface area contributed by atoms with Crippen molar-refractivity contribution in [3.8, 4) is 0 Å². The van der Waals surface area contributed by atoms with Gasteiger partial charge in [0.2, 0.25) is 5.91 Å². The van der Waals surface area contributed by atoms with Gasteiger partial charge in [-0.2, -0.15) is 5.10 Å². The van der Waals surface area contributed by atoms with Crippen LogP contribution in [0.2, 0.25) is 5.02 Å². The van der Waals surface area contributed by atoms with Crippen molar-refractivity contribution in [3.63, 3.8) is 0 Å². The first kappa shape index (κ1) is 14.8. The van der Waals surface area contributed by atoms with Gasteiger partial charge in [-0.1, -0.05) is 11.6 Å². The van der Waals surface area contributed by atoms with E-state index in [0.29, 0.717) is 36.0 Å². The Kier molecular flexibility index (Phi) is 3.74. The average Bonchev–Trinajstić information content (AvgIpc) is 3.02. The fraction of sp³-hybridized carbons (Fsp3) is 0.429. The molecule has 3 heterocycles. The van der Waals surface area contributed by atoms with E-state index in [1.807, 2.05) is 6.92 Å².